The van der Waals surface area contributed by atoms with Gasteiger partial charge < -0.3 is 5.32 Å². The molecule has 2 aromatic carbocycles. The third-order valence-electron chi connectivity index (χ3n) is 2.67. The first-order valence-corrected chi connectivity index (χ1v) is 6.41. The Bertz CT molecular complexity index is 586. The summed E-state index contributed by atoms with van der Waals surface area (Å²) in [5.74, 6) is -0.898. The minimum atomic E-state index is -0.459. The van der Waals surface area contributed by atoms with Crippen molar-refractivity contribution in [3.8, 4) is 0 Å². The molecule has 0 amide bonds. The quantitative estimate of drug-likeness (QED) is 0.873. The Morgan fingerprint density at radius 3 is 2.47 bits per heavy atom. The minimum Gasteiger partial charge on any atom is -0.308 e. The summed E-state index contributed by atoms with van der Waals surface area (Å²) in [5, 5.41) is 3.94. The Balaban J connectivity index is 2.00. The average molecular weight is 302 g/mol. The van der Waals surface area contributed by atoms with E-state index in [2.05, 4.69) is 5.32 Å². The molecule has 0 unspecified atom stereocenters. The summed E-state index contributed by atoms with van der Waals surface area (Å²) >= 11 is 11.9. The van der Waals surface area contributed by atoms with Crippen LogP contribution in [0, 0.1) is 11.6 Å². The lowest BCUT2D eigenvalue weighted by molar-refractivity contribution is 0.568. The summed E-state index contributed by atoms with van der Waals surface area (Å²) < 4.78 is 26.4. The highest BCUT2D eigenvalue weighted by Gasteiger charge is 2.06. The van der Waals surface area contributed by atoms with Gasteiger partial charge >= 0.3 is 0 Å². The molecule has 0 aliphatic rings. The fourth-order valence-corrected chi connectivity index (χ4v) is 2.08. The normalized spacial score (nSPS) is 10.7. The third kappa shape index (κ3) is 3.66. The van der Waals surface area contributed by atoms with Crippen molar-refractivity contribution in [2.45, 2.75) is 13.1 Å². The molecule has 0 saturated heterocycles. The zero-order valence-corrected chi connectivity index (χ0v) is 11.4. The Morgan fingerprint density at radius 1 is 0.947 bits per heavy atom. The van der Waals surface area contributed by atoms with Gasteiger partial charge in [-0.2, -0.15) is 0 Å². The molecule has 2 aromatic rings. The molecule has 0 heterocycles. The van der Waals surface area contributed by atoms with Gasteiger partial charge in [0, 0.05) is 18.7 Å². The van der Waals surface area contributed by atoms with E-state index >= 15 is 0 Å². The number of halogens is 4. The summed E-state index contributed by atoms with van der Waals surface area (Å²) in [6.45, 7) is 0.641. The standard InChI is InChI=1S/C14H11Cl2F2N/c15-12-3-1-2-9(14(12)16)7-19-8-10-6-11(17)4-5-13(10)18/h1-6,19H,7-8H2. The van der Waals surface area contributed by atoms with Gasteiger partial charge in [-0.3, -0.25) is 0 Å². The molecule has 19 heavy (non-hydrogen) atoms. The molecule has 0 radical (unpaired) electrons. The highest BCUT2D eigenvalue weighted by Crippen LogP contribution is 2.25. The van der Waals surface area contributed by atoms with Crippen LogP contribution in [0.2, 0.25) is 10.0 Å². The molecule has 0 saturated carbocycles. The highest BCUT2D eigenvalue weighted by atomic mass is 35.5. The molecule has 1 nitrogen and oxygen atoms in total. The van der Waals surface area contributed by atoms with Crippen molar-refractivity contribution in [2.75, 3.05) is 0 Å². The molecule has 0 fully saturated rings. The second kappa shape index (κ2) is 6.33. The predicted molar refractivity (Wildman–Crippen MR) is 73.4 cm³/mol. The molecular weight excluding hydrogens is 291 g/mol. The second-order valence-electron chi connectivity index (χ2n) is 4.05. The molecule has 0 aliphatic carbocycles. The molecule has 0 spiro atoms. The third-order valence-corrected chi connectivity index (χ3v) is 3.53. The predicted octanol–water partition coefficient (Wildman–Crippen LogP) is 4.56. The van der Waals surface area contributed by atoms with Crippen LogP contribution >= 0.6 is 23.2 Å². The molecule has 1 N–H and O–H groups in total. The maximum atomic E-state index is 13.4. The van der Waals surface area contributed by atoms with Crippen molar-refractivity contribution in [1.29, 1.82) is 0 Å². The molecule has 0 aromatic heterocycles. The van der Waals surface area contributed by atoms with Gasteiger partial charge in [0.1, 0.15) is 11.6 Å². The van der Waals surface area contributed by atoms with Gasteiger partial charge in [-0.1, -0.05) is 35.3 Å². The van der Waals surface area contributed by atoms with E-state index in [9.17, 15) is 8.78 Å². The number of nitrogens with one attached hydrogen (secondary N) is 1. The Morgan fingerprint density at radius 2 is 1.68 bits per heavy atom. The Labute approximate surface area is 120 Å². The van der Waals surface area contributed by atoms with Crippen molar-refractivity contribution in [3.05, 3.63) is 69.2 Å². The second-order valence-corrected chi connectivity index (χ2v) is 4.84. The van der Waals surface area contributed by atoms with Gasteiger partial charge in [0.25, 0.3) is 0 Å². The fraction of sp³-hybridized carbons (Fsp3) is 0.143. The van der Waals surface area contributed by atoms with E-state index in [4.69, 9.17) is 23.2 Å². The van der Waals surface area contributed by atoms with Crippen molar-refractivity contribution < 1.29 is 8.78 Å². The van der Waals surface area contributed by atoms with E-state index in [-0.39, 0.29) is 12.1 Å². The summed E-state index contributed by atoms with van der Waals surface area (Å²) in [6, 6.07) is 8.67. The lowest BCUT2D eigenvalue weighted by atomic mass is 10.2. The van der Waals surface area contributed by atoms with Crippen LogP contribution in [0.4, 0.5) is 8.78 Å². The van der Waals surface area contributed by atoms with Gasteiger partial charge in [-0.05, 0) is 29.8 Å². The van der Waals surface area contributed by atoms with Crippen molar-refractivity contribution in [2.24, 2.45) is 0 Å². The molecule has 0 atom stereocenters. The summed E-state index contributed by atoms with van der Waals surface area (Å²) in [6.07, 6.45) is 0. The number of hydrogen-bond acceptors (Lipinski definition) is 1. The smallest absolute Gasteiger partial charge is 0.127 e. The van der Waals surface area contributed by atoms with Crippen molar-refractivity contribution >= 4 is 23.2 Å². The van der Waals surface area contributed by atoms with Crippen LogP contribution < -0.4 is 5.32 Å². The van der Waals surface area contributed by atoms with Gasteiger partial charge in [0.15, 0.2) is 0 Å². The Hall–Kier alpha value is -1.16. The van der Waals surface area contributed by atoms with Crippen LogP contribution in [-0.4, -0.2) is 0 Å². The zero-order chi connectivity index (χ0) is 13.8. The zero-order valence-electron chi connectivity index (χ0n) is 9.89. The summed E-state index contributed by atoms with van der Waals surface area (Å²) in [4.78, 5) is 0. The Kier molecular flexibility index (Phi) is 4.75. The van der Waals surface area contributed by atoms with Gasteiger partial charge in [-0.25, -0.2) is 8.78 Å². The first-order valence-electron chi connectivity index (χ1n) is 5.65. The van der Waals surface area contributed by atoms with E-state index in [0.717, 1.165) is 17.7 Å². The molecule has 2 rings (SSSR count). The largest absolute Gasteiger partial charge is 0.308 e. The van der Waals surface area contributed by atoms with E-state index < -0.39 is 11.6 Å². The van der Waals surface area contributed by atoms with Crippen LogP contribution in [0.1, 0.15) is 11.1 Å². The monoisotopic (exact) mass is 301 g/mol. The van der Waals surface area contributed by atoms with E-state index in [1.807, 2.05) is 6.07 Å². The lowest BCUT2D eigenvalue weighted by Gasteiger charge is -2.08. The van der Waals surface area contributed by atoms with Crippen LogP contribution in [0.5, 0.6) is 0 Å². The van der Waals surface area contributed by atoms with E-state index in [1.54, 1.807) is 12.1 Å². The fourth-order valence-electron chi connectivity index (χ4n) is 1.70. The molecule has 100 valence electrons. The average Bonchev–Trinajstić information content (AvgIpc) is 2.38. The number of rotatable bonds is 4. The summed E-state index contributed by atoms with van der Waals surface area (Å²) in [7, 11) is 0. The maximum Gasteiger partial charge on any atom is 0.127 e. The maximum absolute atomic E-state index is 13.4. The van der Waals surface area contributed by atoms with Crippen LogP contribution in [-0.2, 0) is 13.1 Å². The minimum absolute atomic E-state index is 0.215. The lowest BCUT2D eigenvalue weighted by Crippen LogP contribution is -2.14. The first kappa shape index (κ1) is 14.3. The van der Waals surface area contributed by atoms with Gasteiger partial charge in [0.05, 0.1) is 10.0 Å². The molecule has 5 heteroatoms. The highest BCUT2D eigenvalue weighted by molar-refractivity contribution is 6.42. The number of benzene rings is 2. The van der Waals surface area contributed by atoms with Crippen molar-refractivity contribution in [3.63, 3.8) is 0 Å². The van der Waals surface area contributed by atoms with E-state index in [0.29, 0.717) is 16.6 Å². The molecule has 0 aliphatic heterocycles. The first-order chi connectivity index (χ1) is 9.08. The van der Waals surface area contributed by atoms with Crippen LogP contribution in [0.15, 0.2) is 36.4 Å². The van der Waals surface area contributed by atoms with E-state index in [1.165, 1.54) is 6.07 Å². The summed E-state index contributed by atoms with van der Waals surface area (Å²) in [5.41, 5.74) is 1.09. The topological polar surface area (TPSA) is 12.0 Å². The number of hydrogen-bond donors (Lipinski definition) is 1. The molecule has 0 bridgehead atoms. The van der Waals surface area contributed by atoms with Crippen LogP contribution in [0.3, 0.4) is 0 Å². The van der Waals surface area contributed by atoms with Gasteiger partial charge in [0.2, 0.25) is 0 Å². The molecular formula is C14H11Cl2F2N. The van der Waals surface area contributed by atoms with Crippen molar-refractivity contribution in [1.82, 2.24) is 5.32 Å². The SMILES string of the molecule is Fc1ccc(F)c(CNCc2cccc(Cl)c2Cl)c1. The van der Waals surface area contributed by atoms with Crippen LogP contribution in [0.25, 0.3) is 0 Å². The van der Waals surface area contributed by atoms with Gasteiger partial charge in [-0.15, -0.1) is 0 Å².